The van der Waals surface area contributed by atoms with Crippen LogP contribution in [0.4, 0.5) is 5.69 Å². The predicted octanol–water partition coefficient (Wildman–Crippen LogP) is 3.86. The fourth-order valence-electron chi connectivity index (χ4n) is 3.39. The fourth-order valence-corrected chi connectivity index (χ4v) is 4.45. The quantitative estimate of drug-likeness (QED) is 0.374. The summed E-state index contributed by atoms with van der Waals surface area (Å²) in [5.74, 6) is 0.399. The van der Waals surface area contributed by atoms with Gasteiger partial charge in [-0.05, 0) is 55.5 Å². The molecule has 2 aromatic carbocycles. The number of anilines is 1. The molecule has 0 atom stereocenters. The van der Waals surface area contributed by atoms with Gasteiger partial charge in [-0.2, -0.15) is 9.61 Å². The Labute approximate surface area is 195 Å². The molecule has 0 radical (unpaired) electrons. The average Bonchev–Trinajstić information content (AvgIpc) is 3.28. The zero-order valence-electron chi connectivity index (χ0n) is 18.0. The van der Waals surface area contributed by atoms with Crippen molar-refractivity contribution in [3.63, 3.8) is 0 Å². The summed E-state index contributed by atoms with van der Waals surface area (Å²) in [6.45, 7) is 1.43. The lowest BCUT2D eigenvalue weighted by molar-refractivity contribution is 0.101. The van der Waals surface area contributed by atoms with E-state index in [0.29, 0.717) is 34.1 Å². The van der Waals surface area contributed by atoms with Crippen molar-refractivity contribution in [2.24, 2.45) is 0 Å². The second-order valence-electron chi connectivity index (χ2n) is 7.49. The van der Waals surface area contributed by atoms with Crippen LogP contribution in [0.3, 0.4) is 0 Å². The Hall–Kier alpha value is -4.44. The normalized spacial score (nSPS) is 11.4. The molecule has 3 aromatic heterocycles. The lowest BCUT2D eigenvalue weighted by atomic mass is 10.1. The lowest BCUT2D eigenvalue weighted by Gasteiger charge is -2.09. The zero-order chi connectivity index (χ0) is 23.7. The molecule has 5 rings (SSSR count). The van der Waals surface area contributed by atoms with Gasteiger partial charge >= 0.3 is 0 Å². The van der Waals surface area contributed by atoms with Gasteiger partial charge in [0.05, 0.1) is 10.6 Å². The summed E-state index contributed by atoms with van der Waals surface area (Å²) in [4.78, 5) is 15.8. The van der Waals surface area contributed by atoms with Crippen molar-refractivity contribution >= 4 is 27.1 Å². The highest BCUT2D eigenvalue weighted by Gasteiger charge is 2.15. The third-order valence-electron chi connectivity index (χ3n) is 5.16. The topological polar surface area (TPSA) is 119 Å². The van der Waals surface area contributed by atoms with Crippen molar-refractivity contribution in [2.45, 2.75) is 11.8 Å². The van der Waals surface area contributed by atoms with Crippen molar-refractivity contribution in [2.75, 3.05) is 4.72 Å². The number of ketones is 1. The van der Waals surface area contributed by atoms with Crippen molar-refractivity contribution in [1.82, 2.24) is 24.8 Å². The van der Waals surface area contributed by atoms with Crippen LogP contribution in [0.1, 0.15) is 17.3 Å². The van der Waals surface area contributed by atoms with Crippen LogP contribution in [0.5, 0.6) is 0 Å². The Kier molecular flexibility index (Phi) is 5.34. The number of nitrogens with one attached hydrogen (secondary N) is 1. The van der Waals surface area contributed by atoms with Gasteiger partial charge in [0, 0.05) is 23.0 Å². The first-order valence-corrected chi connectivity index (χ1v) is 11.8. The summed E-state index contributed by atoms with van der Waals surface area (Å²) in [6.07, 6.45) is 1.68. The molecule has 0 saturated heterocycles. The SMILES string of the molecule is CC(=O)c1ccc(S(=O)(=O)Nc2ccc(-c3ccc4nnc(-c5ccccn5)n4n3)cc2)cc1. The van der Waals surface area contributed by atoms with Crippen LogP contribution in [0.2, 0.25) is 0 Å². The smallest absolute Gasteiger partial charge is 0.261 e. The summed E-state index contributed by atoms with van der Waals surface area (Å²) >= 11 is 0. The summed E-state index contributed by atoms with van der Waals surface area (Å²) < 4.78 is 29.6. The standard InChI is InChI=1S/C24H18N6O3S/c1-16(31)17-7-11-20(12-8-17)34(32,33)29-19-9-5-18(6-10-19)21-13-14-23-26-27-24(30(23)28-21)22-4-2-3-15-25-22/h2-15,29H,1H3. The monoisotopic (exact) mass is 470 g/mol. The molecule has 10 heteroatoms. The van der Waals surface area contributed by atoms with Gasteiger partial charge in [-0.1, -0.05) is 30.3 Å². The molecule has 3 heterocycles. The second-order valence-corrected chi connectivity index (χ2v) is 9.17. The van der Waals surface area contributed by atoms with E-state index in [-0.39, 0.29) is 10.7 Å². The molecule has 0 spiro atoms. The summed E-state index contributed by atoms with van der Waals surface area (Å²) in [5, 5.41) is 13.0. The van der Waals surface area contributed by atoms with Gasteiger partial charge in [0.15, 0.2) is 11.4 Å². The molecule has 0 bridgehead atoms. The van der Waals surface area contributed by atoms with E-state index in [0.717, 1.165) is 5.56 Å². The molecule has 0 unspecified atom stereocenters. The van der Waals surface area contributed by atoms with E-state index < -0.39 is 10.0 Å². The van der Waals surface area contributed by atoms with E-state index in [1.54, 1.807) is 35.0 Å². The van der Waals surface area contributed by atoms with Gasteiger partial charge in [-0.3, -0.25) is 14.5 Å². The van der Waals surface area contributed by atoms with Crippen molar-refractivity contribution in [3.8, 4) is 22.8 Å². The van der Waals surface area contributed by atoms with Crippen molar-refractivity contribution in [3.05, 3.63) is 90.6 Å². The van der Waals surface area contributed by atoms with Gasteiger partial charge in [0.2, 0.25) is 5.82 Å². The second kappa shape index (κ2) is 8.49. The van der Waals surface area contributed by atoms with Gasteiger partial charge < -0.3 is 0 Å². The average molecular weight is 471 g/mol. The number of carbonyl (C=O) groups excluding carboxylic acids is 1. The third kappa shape index (κ3) is 4.14. The van der Waals surface area contributed by atoms with E-state index in [1.807, 2.05) is 30.3 Å². The Morgan fingerprint density at radius 1 is 0.853 bits per heavy atom. The predicted molar refractivity (Wildman–Crippen MR) is 127 cm³/mol. The van der Waals surface area contributed by atoms with Crippen molar-refractivity contribution in [1.29, 1.82) is 0 Å². The number of pyridine rings is 1. The first-order chi connectivity index (χ1) is 16.4. The molecule has 0 amide bonds. The van der Waals surface area contributed by atoms with Crippen LogP contribution in [0.15, 0.2) is 90.0 Å². The molecule has 0 aliphatic carbocycles. The van der Waals surface area contributed by atoms with Crippen LogP contribution in [-0.4, -0.2) is 39.0 Å². The molecule has 0 aliphatic heterocycles. The maximum absolute atomic E-state index is 12.7. The maximum Gasteiger partial charge on any atom is 0.261 e. The molecule has 1 N–H and O–H groups in total. The Bertz CT molecular complexity index is 1600. The zero-order valence-corrected chi connectivity index (χ0v) is 18.8. The lowest BCUT2D eigenvalue weighted by Crippen LogP contribution is -2.13. The van der Waals surface area contributed by atoms with E-state index in [9.17, 15) is 13.2 Å². The molecular formula is C24H18N6O3S. The maximum atomic E-state index is 12.7. The number of Topliss-reactive ketones (excluding diaryl/α,β-unsaturated/α-hetero) is 1. The minimum atomic E-state index is -3.80. The number of sulfonamides is 1. The molecule has 9 nitrogen and oxygen atoms in total. The molecule has 0 saturated carbocycles. The molecular weight excluding hydrogens is 452 g/mol. The highest BCUT2D eigenvalue weighted by molar-refractivity contribution is 7.92. The Morgan fingerprint density at radius 2 is 1.62 bits per heavy atom. The van der Waals surface area contributed by atoms with E-state index in [4.69, 9.17) is 0 Å². The number of benzene rings is 2. The third-order valence-corrected chi connectivity index (χ3v) is 6.56. The summed E-state index contributed by atoms with van der Waals surface area (Å²) in [7, 11) is -3.80. The molecule has 0 aliphatic rings. The van der Waals surface area contributed by atoms with Crippen LogP contribution < -0.4 is 4.72 Å². The molecule has 168 valence electrons. The number of aromatic nitrogens is 5. The van der Waals surface area contributed by atoms with Gasteiger partial charge in [0.1, 0.15) is 5.69 Å². The van der Waals surface area contributed by atoms with E-state index >= 15 is 0 Å². The van der Waals surface area contributed by atoms with Gasteiger partial charge in [-0.15, -0.1) is 10.2 Å². The highest BCUT2D eigenvalue weighted by Crippen LogP contribution is 2.23. The Morgan fingerprint density at radius 3 is 2.29 bits per heavy atom. The van der Waals surface area contributed by atoms with Gasteiger partial charge in [0.25, 0.3) is 10.0 Å². The van der Waals surface area contributed by atoms with Crippen LogP contribution in [-0.2, 0) is 10.0 Å². The van der Waals surface area contributed by atoms with Crippen LogP contribution in [0.25, 0.3) is 28.4 Å². The largest absolute Gasteiger partial charge is 0.295 e. The minimum Gasteiger partial charge on any atom is -0.295 e. The highest BCUT2D eigenvalue weighted by atomic mass is 32.2. The first kappa shape index (κ1) is 21.4. The molecule has 5 aromatic rings. The number of hydrogen-bond donors (Lipinski definition) is 1. The van der Waals surface area contributed by atoms with Gasteiger partial charge in [-0.25, -0.2) is 8.42 Å². The number of carbonyl (C=O) groups is 1. The number of fused-ring (bicyclic) bond motifs is 1. The number of nitrogens with zero attached hydrogens (tertiary/aromatic N) is 5. The Balaban J connectivity index is 1.40. The number of rotatable bonds is 6. The summed E-state index contributed by atoms with van der Waals surface area (Å²) in [5.41, 5.74) is 3.55. The van der Waals surface area contributed by atoms with Crippen LogP contribution in [0, 0.1) is 0 Å². The molecule has 0 fully saturated rings. The van der Waals surface area contributed by atoms with Crippen molar-refractivity contribution < 1.29 is 13.2 Å². The summed E-state index contributed by atoms with van der Waals surface area (Å²) in [6, 6.07) is 21.8. The van der Waals surface area contributed by atoms with Crippen LogP contribution >= 0.6 is 0 Å². The number of hydrogen-bond acceptors (Lipinski definition) is 7. The fraction of sp³-hybridized carbons (Fsp3) is 0.0417. The van der Waals surface area contributed by atoms with E-state index in [1.165, 1.54) is 31.2 Å². The first-order valence-electron chi connectivity index (χ1n) is 10.3. The molecule has 34 heavy (non-hydrogen) atoms. The van der Waals surface area contributed by atoms with E-state index in [2.05, 4.69) is 25.0 Å². The minimum absolute atomic E-state index is 0.0725.